The molecule has 2 atom stereocenters. The number of pyridine rings is 1. The summed E-state index contributed by atoms with van der Waals surface area (Å²) in [5, 5.41) is 11.7. The Morgan fingerprint density at radius 2 is 2.09 bits per heavy atom. The van der Waals surface area contributed by atoms with Crippen molar-refractivity contribution in [3.63, 3.8) is 0 Å². The summed E-state index contributed by atoms with van der Waals surface area (Å²) in [6, 6.07) is 6.04. The molecule has 2 aromatic rings. The maximum Gasteiger partial charge on any atom is 0.317 e. The van der Waals surface area contributed by atoms with E-state index in [0.717, 1.165) is 49.9 Å². The lowest BCUT2D eigenvalue weighted by molar-refractivity contribution is 0.179. The minimum Gasteiger partial charge on any atom is -0.338 e. The van der Waals surface area contributed by atoms with Crippen LogP contribution in [0.25, 0.3) is 5.65 Å². The zero-order valence-electron chi connectivity index (χ0n) is 13.5. The summed E-state index contributed by atoms with van der Waals surface area (Å²) in [6.45, 7) is 4.65. The van der Waals surface area contributed by atoms with Gasteiger partial charge in [-0.05, 0) is 43.2 Å². The largest absolute Gasteiger partial charge is 0.338 e. The third kappa shape index (κ3) is 2.90. The van der Waals surface area contributed by atoms with Crippen LogP contribution in [0.5, 0.6) is 0 Å². The fourth-order valence-corrected chi connectivity index (χ4v) is 3.49. The molecule has 2 amide bonds. The van der Waals surface area contributed by atoms with E-state index in [1.807, 2.05) is 29.3 Å². The number of amides is 2. The molecule has 1 saturated heterocycles. The van der Waals surface area contributed by atoms with E-state index in [1.165, 1.54) is 6.42 Å². The molecule has 0 aromatic carbocycles. The van der Waals surface area contributed by atoms with E-state index in [4.69, 9.17) is 0 Å². The number of carbonyl (C=O) groups excluding carboxylic acids is 1. The van der Waals surface area contributed by atoms with Gasteiger partial charge in [0.1, 0.15) is 5.82 Å². The standard InChI is InChI=1S/C17H23N5O/c1-12-10-14(12)11-18-17(23)21-8-5-13(6-9-21)16-20-19-15-4-2-3-7-22(15)16/h2-4,7,12-14H,5-6,8-11H2,1H3,(H,18,23)/t12-,14-/m0/s1. The zero-order valence-corrected chi connectivity index (χ0v) is 13.5. The van der Waals surface area contributed by atoms with Crippen molar-refractivity contribution >= 4 is 11.7 Å². The lowest BCUT2D eigenvalue weighted by Crippen LogP contribution is -2.44. The third-order valence-corrected chi connectivity index (χ3v) is 5.28. The predicted octanol–water partition coefficient (Wildman–Crippen LogP) is 2.27. The van der Waals surface area contributed by atoms with E-state index in [2.05, 4.69) is 26.8 Å². The first-order chi connectivity index (χ1) is 11.2. The summed E-state index contributed by atoms with van der Waals surface area (Å²) in [6.07, 6.45) is 5.16. The number of nitrogens with one attached hydrogen (secondary N) is 1. The molecule has 0 spiro atoms. The minimum atomic E-state index is 0.0913. The van der Waals surface area contributed by atoms with Crippen molar-refractivity contribution in [3.05, 3.63) is 30.2 Å². The fourth-order valence-electron chi connectivity index (χ4n) is 3.49. The van der Waals surface area contributed by atoms with Crippen LogP contribution in [0.4, 0.5) is 4.79 Å². The Morgan fingerprint density at radius 1 is 1.30 bits per heavy atom. The average molecular weight is 313 g/mol. The van der Waals surface area contributed by atoms with Crippen molar-refractivity contribution in [2.75, 3.05) is 19.6 Å². The first-order valence-electron chi connectivity index (χ1n) is 8.55. The van der Waals surface area contributed by atoms with Crippen molar-refractivity contribution in [2.24, 2.45) is 11.8 Å². The average Bonchev–Trinajstić information content (AvgIpc) is 3.13. The Kier molecular flexibility index (Phi) is 3.67. The van der Waals surface area contributed by atoms with E-state index in [1.54, 1.807) is 0 Å². The van der Waals surface area contributed by atoms with Crippen LogP contribution < -0.4 is 5.32 Å². The molecule has 6 heteroatoms. The smallest absolute Gasteiger partial charge is 0.317 e. The van der Waals surface area contributed by atoms with Gasteiger partial charge in [-0.15, -0.1) is 10.2 Å². The van der Waals surface area contributed by atoms with E-state index in [0.29, 0.717) is 11.8 Å². The van der Waals surface area contributed by atoms with Gasteiger partial charge in [0, 0.05) is 31.7 Å². The molecule has 1 aliphatic carbocycles. The number of likely N-dealkylation sites (tertiary alicyclic amines) is 1. The van der Waals surface area contributed by atoms with E-state index < -0.39 is 0 Å². The van der Waals surface area contributed by atoms with Crippen LogP contribution in [-0.4, -0.2) is 45.2 Å². The second-order valence-corrected chi connectivity index (χ2v) is 6.91. The number of fused-ring (bicyclic) bond motifs is 1. The summed E-state index contributed by atoms with van der Waals surface area (Å²) in [4.78, 5) is 14.2. The molecule has 2 fully saturated rings. The van der Waals surface area contributed by atoms with Crippen LogP contribution >= 0.6 is 0 Å². The summed E-state index contributed by atoms with van der Waals surface area (Å²) in [5.41, 5.74) is 0.890. The van der Waals surface area contributed by atoms with Crippen LogP contribution in [0.1, 0.15) is 37.9 Å². The van der Waals surface area contributed by atoms with Gasteiger partial charge in [-0.1, -0.05) is 13.0 Å². The number of rotatable bonds is 3. The van der Waals surface area contributed by atoms with Crippen LogP contribution in [-0.2, 0) is 0 Å². The van der Waals surface area contributed by atoms with Crippen molar-refractivity contribution in [2.45, 2.75) is 32.1 Å². The minimum absolute atomic E-state index is 0.0913. The number of hydrogen-bond donors (Lipinski definition) is 1. The van der Waals surface area contributed by atoms with Gasteiger partial charge in [0.15, 0.2) is 5.65 Å². The molecule has 0 unspecified atom stereocenters. The number of hydrogen-bond acceptors (Lipinski definition) is 3. The Labute approximate surface area is 135 Å². The summed E-state index contributed by atoms with van der Waals surface area (Å²) in [7, 11) is 0. The molecular formula is C17H23N5O. The highest BCUT2D eigenvalue weighted by Crippen LogP contribution is 2.36. The van der Waals surface area contributed by atoms with Gasteiger partial charge in [-0.25, -0.2) is 4.79 Å². The SMILES string of the molecule is C[C@H]1C[C@H]1CNC(=O)N1CCC(c2nnc3ccccn23)CC1. The summed E-state index contributed by atoms with van der Waals surface area (Å²) >= 11 is 0. The van der Waals surface area contributed by atoms with Gasteiger partial charge >= 0.3 is 6.03 Å². The Hall–Kier alpha value is -2.11. The maximum absolute atomic E-state index is 12.2. The van der Waals surface area contributed by atoms with Gasteiger partial charge in [0.05, 0.1) is 0 Å². The third-order valence-electron chi connectivity index (χ3n) is 5.28. The number of aromatic nitrogens is 3. The number of nitrogens with zero attached hydrogens (tertiary/aromatic N) is 4. The number of urea groups is 1. The van der Waals surface area contributed by atoms with Gasteiger partial charge in [-0.2, -0.15) is 0 Å². The lowest BCUT2D eigenvalue weighted by Gasteiger charge is -2.31. The topological polar surface area (TPSA) is 62.5 Å². The van der Waals surface area contributed by atoms with Crippen LogP contribution in [0, 0.1) is 11.8 Å². The van der Waals surface area contributed by atoms with Crippen LogP contribution in [0.15, 0.2) is 24.4 Å². The lowest BCUT2D eigenvalue weighted by atomic mass is 9.96. The fraction of sp³-hybridized carbons (Fsp3) is 0.588. The first-order valence-corrected chi connectivity index (χ1v) is 8.55. The Morgan fingerprint density at radius 3 is 2.83 bits per heavy atom. The number of piperidine rings is 1. The summed E-state index contributed by atoms with van der Waals surface area (Å²) in [5.74, 6) is 2.87. The predicted molar refractivity (Wildman–Crippen MR) is 87.2 cm³/mol. The molecule has 23 heavy (non-hydrogen) atoms. The quantitative estimate of drug-likeness (QED) is 0.945. The molecular weight excluding hydrogens is 290 g/mol. The Bertz CT molecular complexity index is 704. The van der Waals surface area contributed by atoms with Crippen molar-refractivity contribution < 1.29 is 4.79 Å². The van der Waals surface area contributed by atoms with Crippen LogP contribution in [0.3, 0.4) is 0 Å². The molecule has 1 aliphatic heterocycles. The normalized spacial score (nSPS) is 24.8. The highest BCUT2D eigenvalue weighted by molar-refractivity contribution is 5.74. The molecule has 6 nitrogen and oxygen atoms in total. The first kappa shape index (κ1) is 14.5. The highest BCUT2D eigenvalue weighted by Gasteiger charge is 2.33. The molecule has 122 valence electrons. The van der Waals surface area contributed by atoms with Gasteiger partial charge in [0.2, 0.25) is 0 Å². The second kappa shape index (κ2) is 5.83. The molecule has 1 saturated carbocycles. The van der Waals surface area contributed by atoms with Crippen molar-refractivity contribution in [1.29, 1.82) is 0 Å². The van der Waals surface area contributed by atoms with Crippen molar-refractivity contribution in [3.8, 4) is 0 Å². The molecule has 2 aromatic heterocycles. The molecule has 0 bridgehead atoms. The molecule has 0 radical (unpaired) electrons. The Balaban J connectivity index is 1.34. The van der Waals surface area contributed by atoms with E-state index in [-0.39, 0.29) is 6.03 Å². The summed E-state index contributed by atoms with van der Waals surface area (Å²) < 4.78 is 2.06. The van der Waals surface area contributed by atoms with Gasteiger partial charge in [0.25, 0.3) is 0 Å². The van der Waals surface area contributed by atoms with Gasteiger partial charge < -0.3 is 10.2 Å². The highest BCUT2D eigenvalue weighted by atomic mass is 16.2. The zero-order chi connectivity index (χ0) is 15.8. The van der Waals surface area contributed by atoms with Crippen molar-refractivity contribution in [1.82, 2.24) is 24.8 Å². The second-order valence-electron chi connectivity index (χ2n) is 6.91. The molecule has 4 rings (SSSR count). The molecule has 2 aliphatic rings. The van der Waals surface area contributed by atoms with E-state index in [9.17, 15) is 4.79 Å². The van der Waals surface area contributed by atoms with Crippen LogP contribution in [0.2, 0.25) is 0 Å². The maximum atomic E-state index is 12.2. The molecule has 1 N–H and O–H groups in total. The monoisotopic (exact) mass is 313 g/mol. The van der Waals surface area contributed by atoms with E-state index >= 15 is 0 Å². The molecule has 3 heterocycles. The van der Waals surface area contributed by atoms with Gasteiger partial charge in [-0.3, -0.25) is 4.40 Å². The number of carbonyl (C=O) groups is 1.